The van der Waals surface area contributed by atoms with E-state index in [4.69, 9.17) is 10.8 Å². The molecule has 0 saturated carbocycles. The molecule has 2 aromatic rings. The van der Waals surface area contributed by atoms with E-state index >= 15 is 0 Å². The van der Waals surface area contributed by atoms with Crippen molar-refractivity contribution in [1.82, 2.24) is 9.97 Å². The number of aromatic nitrogens is 2. The third-order valence-corrected chi connectivity index (χ3v) is 3.30. The Kier molecular flexibility index (Phi) is 4.70. The lowest BCUT2D eigenvalue weighted by Gasteiger charge is -2.09. The number of carboxylic acid groups (broad SMARTS) is 1. The van der Waals surface area contributed by atoms with Gasteiger partial charge in [-0.05, 0) is 12.3 Å². The molecule has 0 amide bonds. The molecule has 1 aromatic carbocycles. The average Bonchev–Trinajstić information content (AvgIpc) is 2.47. The summed E-state index contributed by atoms with van der Waals surface area (Å²) in [6.45, 7) is 0. The Morgan fingerprint density at radius 1 is 1.35 bits per heavy atom. The standard InChI is InChI=1S/C14H15N3O2S/c1-20-14-16-10(7-11(15)13(18)19)8-12(17-14)9-5-3-2-4-6-9/h2-6,8,11H,7,15H2,1H3,(H,18,19)/t11-/m0/s1. The normalized spacial score (nSPS) is 12.1. The van der Waals surface area contributed by atoms with Crippen molar-refractivity contribution in [2.24, 2.45) is 5.73 Å². The van der Waals surface area contributed by atoms with Crippen LogP contribution in [0.1, 0.15) is 5.69 Å². The number of nitrogens with zero attached hydrogens (tertiary/aromatic N) is 2. The molecule has 20 heavy (non-hydrogen) atoms. The maximum Gasteiger partial charge on any atom is 0.320 e. The SMILES string of the molecule is CSc1nc(C[C@H](N)C(=O)O)cc(-c2ccccc2)n1. The van der Waals surface area contributed by atoms with Crippen molar-refractivity contribution in [2.45, 2.75) is 17.6 Å². The Balaban J connectivity index is 2.36. The number of aliphatic carboxylic acids is 1. The van der Waals surface area contributed by atoms with Crippen LogP contribution in [0.3, 0.4) is 0 Å². The second-order valence-corrected chi connectivity index (χ2v) is 5.02. The van der Waals surface area contributed by atoms with Gasteiger partial charge in [-0.3, -0.25) is 4.79 Å². The van der Waals surface area contributed by atoms with Crippen LogP contribution in [0.4, 0.5) is 0 Å². The van der Waals surface area contributed by atoms with Crippen molar-refractivity contribution in [3.8, 4) is 11.3 Å². The predicted octanol–water partition coefficient (Wildman–Crippen LogP) is 1.82. The zero-order valence-corrected chi connectivity index (χ0v) is 11.8. The van der Waals surface area contributed by atoms with Crippen molar-refractivity contribution in [3.63, 3.8) is 0 Å². The smallest absolute Gasteiger partial charge is 0.320 e. The third kappa shape index (κ3) is 3.55. The van der Waals surface area contributed by atoms with Crippen molar-refractivity contribution in [3.05, 3.63) is 42.1 Å². The van der Waals surface area contributed by atoms with Gasteiger partial charge in [-0.1, -0.05) is 42.1 Å². The van der Waals surface area contributed by atoms with Crippen LogP contribution in [0.25, 0.3) is 11.3 Å². The summed E-state index contributed by atoms with van der Waals surface area (Å²) in [5.74, 6) is -1.03. The monoisotopic (exact) mass is 289 g/mol. The minimum absolute atomic E-state index is 0.186. The first-order valence-corrected chi connectivity index (χ1v) is 7.28. The number of hydrogen-bond donors (Lipinski definition) is 2. The number of thioether (sulfide) groups is 1. The fraction of sp³-hybridized carbons (Fsp3) is 0.214. The Labute approximate surface area is 121 Å². The van der Waals surface area contributed by atoms with Crippen molar-refractivity contribution in [1.29, 1.82) is 0 Å². The molecule has 2 rings (SSSR count). The number of carboxylic acids is 1. The zero-order valence-electron chi connectivity index (χ0n) is 11.0. The Morgan fingerprint density at radius 2 is 2.05 bits per heavy atom. The summed E-state index contributed by atoms with van der Waals surface area (Å²) in [7, 11) is 0. The molecule has 0 unspecified atom stereocenters. The van der Waals surface area contributed by atoms with E-state index in [0.717, 1.165) is 11.3 Å². The van der Waals surface area contributed by atoms with Crippen LogP contribution in [0, 0.1) is 0 Å². The first kappa shape index (κ1) is 14.5. The largest absolute Gasteiger partial charge is 0.480 e. The highest BCUT2D eigenvalue weighted by Crippen LogP contribution is 2.21. The van der Waals surface area contributed by atoms with Crippen LogP contribution in [-0.2, 0) is 11.2 Å². The summed E-state index contributed by atoms with van der Waals surface area (Å²) < 4.78 is 0. The van der Waals surface area contributed by atoms with E-state index in [0.29, 0.717) is 10.9 Å². The molecule has 0 saturated heterocycles. The van der Waals surface area contributed by atoms with Gasteiger partial charge in [0.05, 0.1) is 5.69 Å². The lowest BCUT2D eigenvalue weighted by Crippen LogP contribution is -2.32. The maximum absolute atomic E-state index is 10.8. The number of nitrogens with two attached hydrogens (primary N) is 1. The molecule has 0 aliphatic heterocycles. The van der Waals surface area contributed by atoms with Crippen LogP contribution < -0.4 is 5.73 Å². The van der Waals surface area contributed by atoms with Gasteiger partial charge in [-0.25, -0.2) is 9.97 Å². The molecule has 0 aliphatic rings. The molecule has 1 atom stereocenters. The number of benzene rings is 1. The molecule has 0 radical (unpaired) electrons. The van der Waals surface area contributed by atoms with E-state index in [2.05, 4.69) is 9.97 Å². The Bertz CT molecular complexity index is 605. The minimum Gasteiger partial charge on any atom is -0.480 e. The third-order valence-electron chi connectivity index (χ3n) is 2.76. The fourth-order valence-corrected chi connectivity index (χ4v) is 2.14. The number of rotatable bonds is 5. The van der Waals surface area contributed by atoms with E-state index in [1.54, 1.807) is 6.07 Å². The Morgan fingerprint density at radius 3 is 2.65 bits per heavy atom. The summed E-state index contributed by atoms with van der Waals surface area (Å²) in [6.07, 6.45) is 2.07. The van der Waals surface area contributed by atoms with E-state index < -0.39 is 12.0 Å². The summed E-state index contributed by atoms with van der Waals surface area (Å²) in [5, 5.41) is 9.49. The Hall–Kier alpha value is -1.92. The van der Waals surface area contributed by atoms with Gasteiger partial charge in [-0.2, -0.15) is 0 Å². The van der Waals surface area contributed by atoms with Crippen LogP contribution in [0.15, 0.2) is 41.6 Å². The lowest BCUT2D eigenvalue weighted by atomic mass is 10.1. The molecule has 0 fully saturated rings. The molecule has 104 valence electrons. The van der Waals surface area contributed by atoms with E-state index in [1.165, 1.54) is 11.8 Å². The highest BCUT2D eigenvalue weighted by molar-refractivity contribution is 7.98. The van der Waals surface area contributed by atoms with Crippen molar-refractivity contribution >= 4 is 17.7 Å². The predicted molar refractivity (Wildman–Crippen MR) is 78.6 cm³/mol. The molecule has 3 N–H and O–H groups in total. The highest BCUT2D eigenvalue weighted by atomic mass is 32.2. The molecule has 1 aromatic heterocycles. The summed E-state index contributed by atoms with van der Waals surface area (Å²) in [5.41, 5.74) is 7.94. The highest BCUT2D eigenvalue weighted by Gasteiger charge is 2.15. The number of hydrogen-bond acceptors (Lipinski definition) is 5. The van der Waals surface area contributed by atoms with Crippen LogP contribution in [0.2, 0.25) is 0 Å². The van der Waals surface area contributed by atoms with Gasteiger partial charge in [0.25, 0.3) is 0 Å². The zero-order chi connectivity index (χ0) is 14.5. The first-order valence-electron chi connectivity index (χ1n) is 6.06. The van der Waals surface area contributed by atoms with Crippen molar-refractivity contribution < 1.29 is 9.90 Å². The van der Waals surface area contributed by atoms with Gasteiger partial charge in [0, 0.05) is 17.7 Å². The number of carbonyl (C=O) groups is 1. The average molecular weight is 289 g/mol. The molecular formula is C14H15N3O2S. The summed E-state index contributed by atoms with van der Waals surface area (Å²) in [4.78, 5) is 19.6. The molecule has 6 heteroatoms. The molecule has 5 nitrogen and oxygen atoms in total. The molecule has 0 bridgehead atoms. The summed E-state index contributed by atoms with van der Waals surface area (Å²) >= 11 is 1.42. The van der Waals surface area contributed by atoms with Gasteiger partial charge in [0.2, 0.25) is 0 Å². The van der Waals surface area contributed by atoms with Gasteiger partial charge in [0.1, 0.15) is 6.04 Å². The molecule has 0 spiro atoms. The minimum atomic E-state index is -1.03. The van der Waals surface area contributed by atoms with Crippen molar-refractivity contribution in [2.75, 3.05) is 6.26 Å². The molecule has 1 heterocycles. The van der Waals surface area contributed by atoms with Gasteiger partial charge < -0.3 is 10.8 Å². The van der Waals surface area contributed by atoms with Crippen LogP contribution in [-0.4, -0.2) is 33.3 Å². The fourth-order valence-electron chi connectivity index (χ4n) is 1.74. The molecular weight excluding hydrogens is 274 g/mol. The first-order chi connectivity index (χ1) is 9.60. The van der Waals surface area contributed by atoms with E-state index in [-0.39, 0.29) is 6.42 Å². The maximum atomic E-state index is 10.8. The topological polar surface area (TPSA) is 89.1 Å². The lowest BCUT2D eigenvalue weighted by molar-refractivity contribution is -0.138. The second kappa shape index (κ2) is 6.49. The van der Waals surface area contributed by atoms with Crippen LogP contribution in [0.5, 0.6) is 0 Å². The molecule has 0 aliphatic carbocycles. The van der Waals surface area contributed by atoms with Crippen LogP contribution >= 0.6 is 11.8 Å². The van der Waals surface area contributed by atoms with Gasteiger partial charge >= 0.3 is 5.97 Å². The van der Waals surface area contributed by atoms with Gasteiger partial charge in [0.15, 0.2) is 5.16 Å². The van der Waals surface area contributed by atoms with E-state index in [1.807, 2.05) is 36.6 Å². The quantitative estimate of drug-likeness (QED) is 0.644. The summed E-state index contributed by atoms with van der Waals surface area (Å²) in [6, 6.07) is 10.5. The van der Waals surface area contributed by atoms with Gasteiger partial charge in [-0.15, -0.1) is 0 Å². The second-order valence-electron chi connectivity index (χ2n) is 4.25. The van der Waals surface area contributed by atoms with E-state index in [9.17, 15) is 4.79 Å².